The molecule has 1 heterocycles. The van der Waals surface area contributed by atoms with Crippen molar-refractivity contribution < 1.29 is 9.59 Å². The van der Waals surface area contributed by atoms with E-state index in [0.29, 0.717) is 5.75 Å². The largest absolute Gasteiger partial charge is 0.353 e. The molecule has 0 aliphatic rings. The van der Waals surface area contributed by atoms with Crippen LogP contribution in [0.4, 0.5) is 0 Å². The molecule has 1 unspecified atom stereocenters. The van der Waals surface area contributed by atoms with Crippen molar-refractivity contribution >= 4 is 34.8 Å². The Morgan fingerprint density at radius 1 is 1.24 bits per heavy atom. The van der Waals surface area contributed by atoms with Crippen LogP contribution in [0, 0.1) is 0 Å². The Balaban J connectivity index is 1.84. The van der Waals surface area contributed by atoms with Gasteiger partial charge in [-0.3, -0.25) is 9.59 Å². The van der Waals surface area contributed by atoms with E-state index in [2.05, 4.69) is 17.2 Å². The second-order valence-electron chi connectivity index (χ2n) is 5.92. The summed E-state index contributed by atoms with van der Waals surface area (Å²) < 4.78 is 0.824. The number of benzene rings is 1. The van der Waals surface area contributed by atoms with Crippen LogP contribution < -0.4 is 5.32 Å². The number of rotatable bonds is 9. The van der Waals surface area contributed by atoms with Crippen molar-refractivity contribution in [3.63, 3.8) is 0 Å². The summed E-state index contributed by atoms with van der Waals surface area (Å²) in [4.78, 5) is 28.6. The topological polar surface area (TPSA) is 59.1 Å². The normalized spacial score (nSPS) is 12.0. The van der Waals surface area contributed by atoms with E-state index in [1.165, 1.54) is 28.7 Å². The SMILES string of the molecule is CCc1ccc(C(=O)CSc2nc(CC(=O)NC(C)CC)cs2)cc1. The lowest BCUT2D eigenvalue weighted by atomic mass is 10.1. The molecule has 1 aromatic heterocycles. The standard InChI is InChI=1S/C19H24N2O2S2/c1-4-13(3)20-18(23)10-16-11-24-19(21-16)25-12-17(22)15-8-6-14(5-2)7-9-15/h6-9,11,13H,4-5,10,12H2,1-3H3,(H,20,23). The van der Waals surface area contributed by atoms with Crippen molar-refractivity contribution in [2.75, 3.05) is 5.75 Å². The summed E-state index contributed by atoms with van der Waals surface area (Å²) in [5, 5.41) is 4.82. The second-order valence-corrected chi connectivity index (χ2v) is 8.00. The van der Waals surface area contributed by atoms with Gasteiger partial charge in [0.05, 0.1) is 17.9 Å². The Labute approximate surface area is 157 Å². The minimum absolute atomic E-state index is 0.0108. The summed E-state index contributed by atoms with van der Waals surface area (Å²) in [7, 11) is 0. The number of Topliss-reactive ketones (excluding diaryl/α,β-unsaturated/α-hetero) is 1. The molecule has 1 amide bonds. The molecule has 134 valence electrons. The van der Waals surface area contributed by atoms with Gasteiger partial charge < -0.3 is 5.32 Å². The van der Waals surface area contributed by atoms with Crippen LogP contribution in [-0.2, 0) is 17.6 Å². The van der Waals surface area contributed by atoms with Gasteiger partial charge in [0.1, 0.15) is 0 Å². The lowest BCUT2D eigenvalue weighted by Crippen LogP contribution is -2.33. The minimum atomic E-state index is -0.0108. The molecule has 2 rings (SSSR count). The molecule has 0 fully saturated rings. The first-order valence-electron chi connectivity index (χ1n) is 8.50. The number of carbonyl (C=O) groups is 2. The van der Waals surface area contributed by atoms with E-state index in [1.54, 1.807) is 0 Å². The number of carbonyl (C=O) groups excluding carboxylic acids is 2. The van der Waals surface area contributed by atoms with Gasteiger partial charge in [-0.05, 0) is 25.3 Å². The summed E-state index contributed by atoms with van der Waals surface area (Å²) in [5.41, 5.74) is 2.71. The molecule has 0 aliphatic heterocycles. The zero-order chi connectivity index (χ0) is 18.2. The summed E-state index contributed by atoms with van der Waals surface area (Å²) in [6, 6.07) is 7.93. The van der Waals surface area contributed by atoms with Gasteiger partial charge in [0.15, 0.2) is 10.1 Å². The summed E-state index contributed by atoms with van der Waals surface area (Å²) >= 11 is 2.90. The number of nitrogens with zero attached hydrogens (tertiary/aromatic N) is 1. The maximum absolute atomic E-state index is 12.2. The van der Waals surface area contributed by atoms with Gasteiger partial charge in [-0.25, -0.2) is 4.98 Å². The van der Waals surface area contributed by atoms with Gasteiger partial charge >= 0.3 is 0 Å². The van der Waals surface area contributed by atoms with E-state index in [4.69, 9.17) is 0 Å². The maximum Gasteiger partial charge on any atom is 0.226 e. The molecule has 1 N–H and O–H groups in total. The van der Waals surface area contributed by atoms with Crippen LogP contribution in [0.1, 0.15) is 48.8 Å². The molecule has 25 heavy (non-hydrogen) atoms. The molecule has 1 atom stereocenters. The first kappa shape index (κ1) is 19.7. The van der Waals surface area contributed by atoms with Crippen molar-refractivity contribution in [2.24, 2.45) is 0 Å². The third-order valence-electron chi connectivity index (χ3n) is 3.90. The molecule has 0 spiro atoms. The average molecular weight is 377 g/mol. The van der Waals surface area contributed by atoms with E-state index in [1.807, 2.05) is 43.5 Å². The first-order valence-corrected chi connectivity index (χ1v) is 10.4. The highest BCUT2D eigenvalue weighted by atomic mass is 32.2. The van der Waals surface area contributed by atoms with Crippen molar-refractivity contribution in [3.8, 4) is 0 Å². The quantitative estimate of drug-likeness (QED) is 0.528. The van der Waals surface area contributed by atoms with Crippen molar-refractivity contribution in [2.45, 2.75) is 50.4 Å². The fourth-order valence-electron chi connectivity index (χ4n) is 2.17. The van der Waals surface area contributed by atoms with Crippen LogP contribution in [0.2, 0.25) is 0 Å². The van der Waals surface area contributed by atoms with E-state index >= 15 is 0 Å². The molecule has 6 heteroatoms. The molecule has 0 saturated heterocycles. The Morgan fingerprint density at radius 3 is 2.60 bits per heavy atom. The fraction of sp³-hybridized carbons (Fsp3) is 0.421. The average Bonchev–Trinajstić information content (AvgIpc) is 3.06. The Hall–Kier alpha value is -1.66. The number of thiazole rings is 1. The van der Waals surface area contributed by atoms with Crippen molar-refractivity contribution in [3.05, 3.63) is 46.5 Å². The first-order chi connectivity index (χ1) is 12.0. The number of ketones is 1. The molecule has 0 bridgehead atoms. The van der Waals surface area contributed by atoms with Gasteiger partial charge in [-0.1, -0.05) is 49.9 Å². The maximum atomic E-state index is 12.2. The number of thioether (sulfide) groups is 1. The predicted octanol–water partition coefficient (Wildman–Crippen LogP) is 4.14. The number of amides is 1. The number of hydrogen-bond donors (Lipinski definition) is 1. The van der Waals surface area contributed by atoms with Crippen LogP contribution in [0.5, 0.6) is 0 Å². The Bertz CT molecular complexity index is 710. The minimum Gasteiger partial charge on any atom is -0.353 e. The molecular weight excluding hydrogens is 352 g/mol. The van der Waals surface area contributed by atoms with Crippen LogP contribution in [0.3, 0.4) is 0 Å². The van der Waals surface area contributed by atoms with Crippen LogP contribution in [-0.4, -0.2) is 28.5 Å². The molecule has 0 saturated carbocycles. The van der Waals surface area contributed by atoms with Gasteiger partial charge in [0.25, 0.3) is 0 Å². The second kappa shape index (κ2) is 9.73. The molecule has 4 nitrogen and oxygen atoms in total. The lowest BCUT2D eigenvalue weighted by molar-refractivity contribution is -0.121. The van der Waals surface area contributed by atoms with Crippen molar-refractivity contribution in [1.29, 1.82) is 0 Å². The van der Waals surface area contributed by atoms with Crippen LogP contribution in [0.25, 0.3) is 0 Å². The van der Waals surface area contributed by atoms with Crippen LogP contribution in [0.15, 0.2) is 34.0 Å². The zero-order valence-electron chi connectivity index (χ0n) is 14.9. The number of aryl methyl sites for hydroxylation is 1. The van der Waals surface area contributed by atoms with Gasteiger partial charge in [-0.2, -0.15) is 0 Å². The monoisotopic (exact) mass is 376 g/mol. The fourth-order valence-corrected chi connectivity index (χ4v) is 3.90. The Morgan fingerprint density at radius 2 is 1.96 bits per heavy atom. The lowest BCUT2D eigenvalue weighted by Gasteiger charge is -2.10. The van der Waals surface area contributed by atoms with Crippen molar-refractivity contribution in [1.82, 2.24) is 10.3 Å². The number of aromatic nitrogens is 1. The molecule has 1 aromatic carbocycles. The van der Waals surface area contributed by atoms with E-state index in [9.17, 15) is 9.59 Å². The highest BCUT2D eigenvalue weighted by Crippen LogP contribution is 2.24. The van der Waals surface area contributed by atoms with E-state index < -0.39 is 0 Å². The van der Waals surface area contributed by atoms with Gasteiger partial charge in [-0.15, -0.1) is 11.3 Å². The zero-order valence-corrected chi connectivity index (χ0v) is 16.5. The summed E-state index contributed by atoms with van der Waals surface area (Å²) in [6.07, 6.45) is 2.16. The predicted molar refractivity (Wildman–Crippen MR) is 105 cm³/mol. The number of hydrogen-bond acceptors (Lipinski definition) is 5. The van der Waals surface area contributed by atoms with E-state index in [0.717, 1.165) is 28.4 Å². The molecule has 0 radical (unpaired) electrons. The van der Waals surface area contributed by atoms with E-state index in [-0.39, 0.29) is 24.2 Å². The highest BCUT2D eigenvalue weighted by Gasteiger charge is 2.12. The number of nitrogens with one attached hydrogen (secondary N) is 1. The molecular formula is C19H24N2O2S2. The van der Waals surface area contributed by atoms with Crippen LogP contribution >= 0.6 is 23.1 Å². The smallest absolute Gasteiger partial charge is 0.226 e. The van der Waals surface area contributed by atoms with Gasteiger partial charge in [0, 0.05) is 17.0 Å². The molecule has 2 aromatic rings. The van der Waals surface area contributed by atoms with Gasteiger partial charge in [0.2, 0.25) is 5.91 Å². The third-order valence-corrected chi connectivity index (χ3v) is 5.97. The third kappa shape index (κ3) is 6.29. The Kier molecular flexibility index (Phi) is 7.65. The summed E-state index contributed by atoms with van der Waals surface area (Å²) in [5.74, 6) is 0.444. The highest BCUT2D eigenvalue weighted by molar-refractivity contribution is 8.01. The molecule has 0 aliphatic carbocycles. The summed E-state index contributed by atoms with van der Waals surface area (Å²) in [6.45, 7) is 6.12.